The summed E-state index contributed by atoms with van der Waals surface area (Å²) in [5.74, 6) is 0.344. The maximum atomic E-state index is 12.9. The summed E-state index contributed by atoms with van der Waals surface area (Å²) in [7, 11) is -3.29. The Bertz CT molecular complexity index is 1300. The molecule has 186 valence electrons. The number of rotatable bonds is 5. The third-order valence-electron chi connectivity index (χ3n) is 6.59. The highest BCUT2D eigenvalue weighted by Gasteiger charge is 2.32. The molecule has 1 aromatic carbocycles. The number of ether oxygens (including phenoxy) is 2. The van der Waals surface area contributed by atoms with E-state index in [1.807, 2.05) is 0 Å². The molecule has 2 aliphatic rings. The third kappa shape index (κ3) is 5.09. The molecular weight excluding hydrogens is 470 g/mol. The summed E-state index contributed by atoms with van der Waals surface area (Å²) in [4.78, 5) is 23.5. The molecule has 5 rings (SSSR count). The lowest BCUT2D eigenvalue weighted by Crippen LogP contribution is -2.48. The lowest BCUT2D eigenvalue weighted by Gasteiger charge is -2.35. The second-order valence-electron chi connectivity index (χ2n) is 9.14. The van der Waals surface area contributed by atoms with Gasteiger partial charge in [0.2, 0.25) is 5.88 Å². The van der Waals surface area contributed by atoms with Crippen LogP contribution in [0.25, 0.3) is 16.7 Å². The predicted molar refractivity (Wildman–Crippen MR) is 128 cm³/mol. The van der Waals surface area contributed by atoms with Gasteiger partial charge in [-0.25, -0.2) is 27.9 Å². The Morgan fingerprint density at radius 3 is 2.49 bits per heavy atom. The van der Waals surface area contributed by atoms with E-state index in [4.69, 9.17) is 9.47 Å². The van der Waals surface area contributed by atoms with Gasteiger partial charge in [0, 0.05) is 19.2 Å². The maximum absolute atomic E-state index is 12.9. The average molecular weight is 500 g/mol. The van der Waals surface area contributed by atoms with Crippen LogP contribution in [-0.4, -0.2) is 64.3 Å². The van der Waals surface area contributed by atoms with Crippen LogP contribution in [0.2, 0.25) is 0 Å². The first-order chi connectivity index (χ1) is 16.9. The first kappa shape index (κ1) is 23.5. The zero-order valence-corrected chi connectivity index (χ0v) is 20.5. The molecule has 3 aromatic rings. The zero-order chi connectivity index (χ0) is 24.4. The molecule has 1 saturated carbocycles. The van der Waals surface area contributed by atoms with E-state index in [-0.39, 0.29) is 17.1 Å². The van der Waals surface area contributed by atoms with Crippen molar-refractivity contribution in [2.24, 2.45) is 0 Å². The standard InChI is InChI=1S/C24H29N5O5S/c1-35(31,32)19-12-10-17(11-13-19)29-22-20(15-27-29)23(26-16-25-22)34-21-9-5-6-14-28(21)24(30)33-18-7-3-2-4-8-18/h10-13,15-16,18,21H,2-9,14H2,1H3. The van der Waals surface area contributed by atoms with E-state index < -0.39 is 16.1 Å². The van der Waals surface area contributed by atoms with Gasteiger partial charge in [-0.3, -0.25) is 4.90 Å². The molecule has 11 heteroatoms. The number of hydrogen-bond donors (Lipinski definition) is 0. The highest BCUT2D eigenvalue weighted by atomic mass is 32.2. The fraction of sp³-hybridized carbons (Fsp3) is 0.500. The summed E-state index contributed by atoms with van der Waals surface area (Å²) in [6, 6.07) is 6.43. The molecule has 1 aliphatic carbocycles. The summed E-state index contributed by atoms with van der Waals surface area (Å²) >= 11 is 0. The molecule has 0 radical (unpaired) electrons. The largest absolute Gasteiger partial charge is 0.453 e. The van der Waals surface area contributed by atoms with Gasteiger partial charge in [-0.05, 0) is 62.8 Å². The number of fused-ring (bicyclic) bond motifs is 1. The molecule has 1 amide bonds. The van der Waals surface area contributed by atoms with Crippen molar-refractivity contribution in [2.45, 2.75) is 68.6 Å². The minimum absolute atomic E-state index is 0.0168. The highest BCUT2D eigenvalue weighted by molar-refractivity contribution is 7.90. The molecule has 2 aromatic heterocycles. The first-order valence-corrected chi connectivity index (χ1v) is 13.9. The van der Waals surface area contributed by atoms with Gasteiger partial charge >= 0.3 is 6.09 Å². The molecule has 10 nitrogen and oxygen atoms in total. The molecule has 3 heterocycles. The van der Waals surface area contributed by atoms with Crippen molar-refractivity contribution in [1.82, 2.24) is 24.6 Å². The van der Waals surface area contributed by atoms with Crippen LogP contribution in [-0.2, 0) is 14.6 Å². The number of amides is 1. The van der Waals surface area contributed by atoms with Crippen molar-refractivity contribution in [2.75, 3.05) is 12.8 Å². The van der Waals surface area contributed by atoms with Gasteiger partial charge in [0.15, 0.2) is 21.7 Å². The SMILES string of the molecule is CS(=O)(=O)c1ccc(-n2ncc3c(OC4CCCCN4C(=O)OC4CCCCC4)ncnc32)cc1. The van der Waals surface area contributed by atoms with Gasteiger partial charge in [0.05, 0.1) is 16.8 Å². The second kappa shape index (κ2) is 9.80. The number of carbonyl (C=O) groups excluding carboxylic acids is 1. The summed E-state index contributed by atoms with van der Waals surface area (Å²) < 4.78 is 37.2. The van der Waals surface area contributed by atoms with E-state index in [2.05, 4.69) is 15.1 Å². The highest BCUT2D eigenvalue weighted by Crippen LogP contribution is 2.29. The van der Waals surface area contributed by atoms with Crippen LogP contribution in [0.5, 0.6) is 5.88 Å². The van der Waals surface area contributed by atoms with E-state index in [0.29, 0.717) is 35.6 Å². The van der Waals surface area contributed by atoms with Gasteiger partial charge in [-0.2, -0.15) is 5.10 Å². The number of piperidine rings is 1. The van der Waals surface area contributed by atoms with Crippen molar-refractivity contribution in [1.29, 1.82) is 0 Å². The van der Waals surface area contributed by atoms with Gasteiger partial charge in [0.1, 0.15) is 17.8 Å². The molecule has 0 spiro atoms. The van der Waals surface area contributed by atoms with Crippen LogP contribution >= 0.6 is 0 Å². The van der Waals surface area contributed by atoms with Crippen molar-refractivity contribution in [3.63, 3.8) is 0 Å². The maximum Gasteiger partial charge on any atom is 0.412 e. The molecule has 2 fully saturated rings. The fourth-order valence-corrected chi connectivity index (χ4v) is 5.32. The molecule has 1 aliphatic heterocycles. The summed E-state index contributed by atoms with van der Waals surface area (Å²) in [6.07, 6.45) is 11.1. The monoisotopic (exact) mass is 499 g/mol. The van der Waals surface area contributed by atoms with E-state index >= 15 is 0 Å². The Balaban J connectivity index is 1.37. The fourth-order valence-electron chi connectivity index (χ4n) is 4.69. The summed E-state index contributed by atoms with van der Waals surface area (Å²) in [5.41, 5.74) is 1.18. The Morgan fingerprint density at radius 2 is 1.74 bits per heavy atom. The molecule has 0 N–H and O–H groups in total. The smallest absolute Gasteiger partial charge is 0.412 e. The van der Waals surface area contributed by atoms with Crippen LogP contribution in [0.3, 0.4) is 0 Å². The summed E-state index contributed by atoms with van der Waals surface area (Å²) in [5, 5.41) is 5.02. The van der Waals surface area contributed by atoms with Gasteiger partial charge < -0.3 is 9.47 Å². The number of nitrogens with zero attached hydrogens (tertiary/aromatic N) is 5. The van der Waals surface area contributed by atoms with E-state index in [0.717, 1.165) is 38.5 Å². The first-order valence-electron chi connectivity index (χ1n) is 12.0. The summed E-state index contributed by atoms with van der Waals surface area (Å²) in [6.45, 7) is 0.580. The topological polar surface area (TPSA) is 117 Å². The van der Waals surface area contributed by atoms with Crippen molar-refractivity contribution >= 4 is 27.0 Å². The molecular formula is C24H29N5O5S. The number of likely N-dealkylation sites (tertiary alicyclic amines) is 1. The van der Waals surface area contributed by atoms with E-state index in [1.165, 1.54) is 31.1 Å². The Kier molecular flexibility index (Phi) is 6.59. The minimum Gasteiger partial charge on any atom is -0.453 e. The Morgan fingerprint density at radius 1 is 1.00 bits per heavy atom. The second-order valence-corrected chi connectivity index (χ2v) is 11.2. The van der Waals surface area contributed by atoms with Crippen LogP contribution < -0.4 is 4.74 Å². The molecule has 35 heavy (non-hydrogen) atoms. The van der Waals surface area contributed by atoms with Crippen molar-refractivity contribution in [3.8, 4) is 11.6 Å². The number of benzene rings is 1. The molecule has 0 bridgehead atoms. The zero-order valence-electron chi connectivity index (χ0n) is 19.7. The normalized spacial score (nSPS) is 19.6. The minimum atomic E-state index is -3.29. The lowest BCUT2D eigenvalue weighted by atomic mass is 9.98. The number of aromatic nitrogens is 4. The van der Waals surface area contributed by atoms with Gasteiger partial charge in [-0.1, -0.05) is 6.42 Å². The van der Waals surface area contributed by atoms with Crippen molar-refractivity contribution < 1.29 is 22.7 Å². The van der Waals surface area contributed by atoms with Crippen LogP contribution in [0.4, 0.5) is 4.79 Å². The molecule has 1 atom stereocenters. The Hall–Kier alpha value is -3.21. The number of hydrogen-bond acceptors (Lipinski definition) is 8. The van der Waals surface area contributed by atoms with Crippen LogP contribution in [0.15, 0.2) is 41.7 Å². The number of carbonyl (C=O) groups is 1. The predicted octanol–water partition coefficient (Wildman–Crippen LogP) is 3.88. The lowest BCUT2D eigenvalue weighted by molar-refractivity contribution is -0.0250. The quantitative estimate of drug-likeness (QED) is 0.519. The van der Waals surface area contributed by atoms with Crippen LogP contribution in [0, 0.1) is 0 Å². The van der Waals surface area contributed by atoms with Crippen LogP contribution in [0.1, 0.15) is 51.4 Å². The molecule has 1 unspecified atom stereocenters. The average Bonchev–Trinajstić information content (AvgIpc) is 3.30. The van der Waals surface area contributed by atoms with E-state index in [9.17, 15) is 13.2 Å². The Labute approximate surface area is 204 Å². The number of sulfone groups is 1. The van der Waals surface area contributed by atoms with Gasteiger partial charge in [-0.15, -0.1) is 0 Å². The van der Waals surface area contributed by atoms with Crippen molar-refractivity contribution in [3.05, 3.63) is 36.8 Å². The van der Waals surface area contributed by atoms with E-state index in [1.54, 1.807) is 27.9 Å². The molecule has 1 saturated heterocycles. The van der Waals surface area contributed by atoms with Gasteiger partial charge in [0.25, 0.3) is 0 Å². The third-order valence-corrected chi connectivity index (χ3v) is 7.72.